The number of benzene rings is 2. The van der Waals surface area contributed by atoms with Gasteiger partial charge >= 0.3 is 5.97 Å². The van der Waals surface area contributed by atoms with Crippen LogP contribution in [0.2, 0.25) is 0 Å². The average Bonchev–Trinajstić information content (AvgIpc) is 2.68. The lowest BCUT2D eigenvalue weighted by Crippen LogP contribution is -2.43. The van der Waals surface area contributed by atoms with Gasteiger partial charge in [-0.2, -0.15) is 0 Å². The predicted molar refractivity (Wildman–Crippen MR) is 119 cm³/mol. The number of amides is 1. The minimum Gasteiger partial charge on any atom is -0.507 e. The van der Waals surface area contributed by atoms with Crippen molar-refractivity contribution in [3.8, 4) is 5.75 Å². The molecule has 2 aromatic rings. The molecule has 0 saturated heterocycles. The highest BCUT2D eigenvalue weighted by atomic mass is 16.5. The van der Waals surface area contributed by atoms with Crippen LogP contribution in [-0.2, 0) is 27.2 Å². The Balaban J connectivity index is 2.08. The smallest absolute Gasteiger partial charge is 0.328 e. The van der Waals surface area contributed by atoms with Crippen LogP contribution in [0, 0.1) is 34.6 Å². The molecule has 5 heteroatoms. The summed E-state index contributed by atoms with van der Waals surface area (Å²) < 4.78 is 5.19. The summed E-state index contributed by atoms with van der Waals surface area (Å²) >= 11 is 0. The van der Waals surface area contributed by atoms with Gasteiger partial charge in [0, 0.05) is 12.8 Å². The molecule has 2 N–H and O–H groups in total. The second kappa shape index (κ2) is 10.3. The maximum absolute atomic E-state index is 12.6. The molecule has 2 aromatic carbocycles. The van der Waals surface area contributed by atoms with E-state index in [2.05, 4.69) is 24.4 Å². The highest BCUT2D eigenvalue weighted by Crippen LogP contribution is 2.23. The summed E-state index contributed by atoms with van der Waals surface area (Å²) in [5, 5.41) is 12.8. The number of hydrogen-bond donors (Lipinski definition) is 2. The number of hydrogen-bond acceptors (Lipinski definition) is 4. The average molecular weight is 412 g/mol. The molecule has 0 spiro atoms. The molecular weight excluding hydrogens is 378 g/mol. The summed E-state index contributed by atoms with van der Waals surface area (Å²) in [6, 6.07) is 7.17. The lowest BCUT2D eigenvalue weighted by molar-refractivity contribution is -0.147. The Morgan fingerprint density at radius 3 is 2.00 bits per heavy atom. The zero-order valence-electron chi connectivity index (χ0n) is 18.9. The molecule has 1 atom stereocenters. The summed E-state index contributed by atoms with van der Waals surface area (Å²) in [4.78, 5) is 25.0. The molecule has 0 aliphatic carbocycles. The molecule has 30 heavy (non-hydrogen) atoms. The second-order valence-corrected chi connectivity index (χ2v) is 8.01. The first-order chi connectivity index (χ1) is 14.1. The van der Waals surface area contributed by atoms with Gasteiger partial charge < -0.3 is 15.2 Å². The quantitative estimate of drug-likeness (QED) is 0.640. The van der Waals surface area contributed by atoms with Crippen LogP contribution in [0.1, 0.15) is 52.3 Å². The minimum absolute atomic E-state index is 0.197. The highest BCUT2D eigenvalue weighted by Gasteiger charge is 2.23. The summed E-state index contributed by atoms with van der Waals surface area (Å²) in [6.45, 7) is 11.9. The third-order valence-electron chi connectivity index (χ3n) is 5.52. The van der Waals surface area contributed by atoms with E-state index in [0.29, 0.717) is 12.8 Å². The number of carbonyl (C=O) groups is 2. The summed E-state index contributed by atoms with van der Waals surface area (Å²) in [5.41, 5.74) is 7.12. The van der Waals surface area contributed by atoms with Gasteiger partial charge in [0.1, 0.15) is 11.8 Å². The van der Waals surface area contributed by atoms with Gasteiger partial charge in [-0.15, -0.1) is 0 Å². The summed E-state index contributed by atoms with van der Waals surface area (Å²) in [5.74, 6) is -0.329. The third kappa shape index (κ3) is 6.09. The Kier molecular flexibility index (Phi) is 8.04. The van der Waals surface area contributed by atoms with E-state index in [0.717, 1.165) is 33.4 Å². The van der Waals surface area contributed by atoms with Crippen molar-refractivity contribution >= 4 is 11.9 Å². The van der Waals surface area contributed by atoms with Crippen LogP contribution >= 0.6 is 0 Å². The monoisotopic (exact) mass is 411 g/mol. The maximum Gasteiger partial charge on any atom is 0.328 e. The van der Waals surface area contributed by atoms with Crippen molar-refractivity contribution in [3.63, 3.8) is 0 Å². The topological polar surface area (TPSA) is 75.6 Å². The van der Waals surface area contributed by atoms with Gasteiger partial charge in [-0.3, -0.25) is 4.79 Å². The van der Waals surface area contributed by atoms with Crippen LogP contribution < -0.4 is 5.32 Å². The molecule has 0 aliphatic heterocycles. The van der Waals surface area contributed by atoms with Gasteiger partial charge in [0.2, 0.25) is 5.91 Å². The number of nitrogens with one attached hydrogen (secondary N) is 1. The number of aromatic hydroxyl groups is 1. The van der Waals surface area contributed by atoms with Crippen molar-refractivity contribution in [1.29, 1.82) is 0 Å². The molecule has 162 valence electrons. The molecule has 1 unspecified atom stereocenters. The van der Waals surface area contributed by atoms with Gasteiger partial charge in [-0.1, -0.05) is 24.3 Å². The Labute approximate surface area is 179 Å². The summed E-state index contributed by atoms with van der Waals surface area (Å²) in [7, 11) is 0. The third-order valence-corrected chi connectivity index (χ3v) is 5.52. The van der Waals surface area contributed by atoms with E-state index in [-0.39, 0.29) is 24.7 Å². The molecule has 1 amide bonds. The van der Waals surface area contributed by atoms with E-state index < -0.39 is 12.0 Å². The van der Waals surface area contributed by atoms with Crippen molar-refractivity contribution in [3.05, 3.63) is 63.2 Å². The first-order valence-electron chi connectivity index (χ1n) is 10.4. The van der Waals surface area contributed by atoms with Crippen molar-refractivity contribution in [2.24, 2.45) is 0 Å². The van der Waals surface area contributed by atoms with Gasteiger partial charge in [-0.25, -0.2) is 4.79 Å². The number of esters is 1. The molecule has 2 rings (SSSR count). The normalized spacial score (nSPS) is 11.8. The number of carbonyl (C=O) groups excluding carboxylic acids is 2. The molecule has 0 bridgehead atoms. The number of aryl methyl sites for hydroxylation is 5. The zero-order valence-corrected chi connectivity index (χ0v) is 18.9. The fourth-order valence-corrected chi connectivity index (χ4v) is 3.63. The van der Waals surface area contributed by atoms with Gasteiger partial charge in [0.15, 0.2) is 0 Å². The number of ether oxygens (including phenoxy) is 1. The van der Waals surface area contributed by atoms with E-state index in [9.17, 15) is 14.7 Å². The molecule has 0 saturated carbocycles. The van der Waals surface area contributed by atoms with Gasteiger partial charge in [0.05, 0.1) is 6.61 Å². The molecule has 0 radical (unpaired) electrons. The Morgan fingerprint density at radius 2 is 1.47 bits per heavy atom. The number of rotatable bonds is 8. The first-order valence-corrected chi connectivity index (χ1v) is 10.4. The van der Waals surface area contributed by atoms with Gasteiger partial charge in [-0.05, 0) is 86.9 Å². The van der Waals surface area contributed by atoms with E-state index >= 15 is 0 Å². The standard InChI is InChI=1S/C25H33NO4/c1-7-30-25(29)22(14-21-10-15(2)19(6)16(3)11-21)26-23(27)9-8-20-12-17(4)24(28)18(5)13-20/h10-13,22,28H,7-9,14H2,1-6H3,(H,26,27). The molecule has 0 fully saturated rings. The Bertz CT molecular complexity index is 887. The largest absolute Gasteiger partial charge is 0.507 e. The van der Waals surface area contributed by atoms with Crippen molar-refractivity contribution in [2.45, 2.75) is 66.8 Å². The summed E-state index contributed by atoms with van der Waals surface area (Å²) in [6.07, 6.45) is 1.18. The van der Waals surface area contributed by atoms with Crippen LogP contribution in [0.4, 0.5) is 0 Å². The minimum atomic E-state index is -0.720. The van der Waals surface area contributed by atoms with E-state index in [1.165, 1.54) is 5.56 Å². The van der Waals surface area contributed by atoms with Crippen LogP contribution in [0.5, 0.6) is 5.75 Å². The zero-order chi connectivity index (χ0) is 22.4. The Hall–Kier alpha value is -2.82. The van der Waals surface area contributed by atoms with E-state index in [1.807, 2.05) is 39.8 Å². The molecule has 0 heterocycles. The molecular formula is C25H33NO4. The lowest BCUT2D eigenvalue weighted by Gasteiger charge is -2.19. The molecule has 0 aliphatic rings. The Morgan fingerprint density at radius 1 is 0.933 bits per heavy atom. The van der Waals surface area contributed by atoms with Crippen LogP contribution in [-0.4, -0.2) is 29.6 Å². The number of phenolic OH excluding ortho intramolecular Hbond substituents is 1. The number of phenols is 1. The fourth-order valence-electron chi connectivity index (χ4n) is 3.63. The first kappa shape index (κ1) is 23.5. The van der Waals surface area contributed by atoms with E-state index in [4.69, 9.17) is 4.74 Å². The van der Waals surface area contributed by atoms with Crippen LogP contribution in [0.15, 0.2) is 24.3 Å². The fraction of sp³-hybridized carbons (Fsp3) is 0.440. The molecule has 5 nitrogen and oxygen atoms in total. The highest BCUT2D eigenvalue weighted by molar-refractivity contribution is 5.84. The van der Waals surface area contributed by atoms with Crippen molar-refractivity contribution < 1.29 is 19.4 Å². The SMILES string of the molecule is CCOC(=O)C(Cc1cc(C)c(C)c(C)c1)NC(=O)CCc1cc(C)c(O)c(C)c1. The van der Waals surface area contributed by atoms with Crippen molar-refractivity contribution in [1.82, 2.24) is 5.32 Å². The lowest BCUT2D eigenvalue weighted by atomic mass is 9.96. The van der Waals surface area contributed by atoms with Gasteiger partial charge in [0.25, 0.3) is 0 Å². The maximum atomic E-state index is 12.6. The van der Waals surface area contributed by atoms with Crippen LogP contribution in [0.25, 0.3) is 0 Å². The van der Waals surface area contributed by atoms with E-state index in [1.54, 1.807) is 6.92 Å². The molecule has 0 aromatic heterocycles. The van der Waals surface area contributed by atoms with Crippen LogP contribution in [0.3, 0.4) is 0 Å². The second-order valence-electron chi connectivity index (χ2n) is 8.01. The predicted octanol–water partition coefficient (Wildman–Crippen LogP) is 4.16. The van der Waals surface area contributed by atoms with Crippen molar-refractivity contribution in [2.75, 3.05) is 6.61 Å².